The van der Waals surface area contributed by atoms with Gasteiger partial charge in [-0.1, -0.05) is 12.1 Å². The fraction of sp³-hybridized carbons (Fsp3) is 0.115. The molecule has 11 nitrogen and oxygen atoms in total. The topological polar surface area (TPSA) is 168 Å². The molecule has 0 saturated carbocycles. The summed E-state index contributed by atoms with van der Waals surface area (Å²) in [5, 5.41) is 21.2. The summed E-state index contributed by atoms with van der Waals surface area (Å²) in [5.74, 6) is 0.0467. The SMILES string of the molecule is COc1cc(N=Nc2ccc3cc(S(=O)(=O)O)ccc3c2)c(NC(C)=O)cc1N=Nc1ccc(N)cc1C. The van der Waals surface area contributed by atoms with Gasteiger partial charge < -0.3 is 15.8 Å². The second-order valence-electron chi connectivity index (χ2n) is 8.34. The third kappa shape index (κ3) is 6.17. The van der Waals surface area contributed by atoms with E-state index in [0.717, 1.165) is 5.56 Å². The van der Waals surface area contributed by atoms with E-state index in [1.165, 1.54) is 26.2 Å². The second kappa shape index (κ2) is 10.7. The number of amides is 1. The molecule has 0 radical (unpaired) electrons. The average Bonchev–Trinajstić information content (AvgIpc) is 2.86. The summed E-state index contributed by atoms with van der Waals surface area (Å²) in [7, 11) is -2.83. The number of fused-ring (bicyclic) bond motifs is 1. The van der Waals surface area contributed by atoms with E-state index in [-0.39, 0.29) is 10.8 Å². The first-order chi connectivity index (χ1) is 18.0. The predicted molar refractivity (Wildman–Crippen MR) is 145 cm³/mol. The van der Waals surface area contributed by atoms with E-state index in [1.807, 2.05) is 6.92 Å². The zero-order valence-electron chi connectivity index (χ0n) is 20.7. The Morgan fingerprint density at radius 2 is 1.55 bits per heavy atom. The zero-order chi connectivity index (χ0) is 27.4. The second-order valence-corrected chi connectivity index (χ2v) is 9.76. The Morgan fingerprint density at radius 1 is 0.868 bits per heavy atom. The van der Waals surface area contributed by atoms with Gasteiger partial charge in [-0.15, -0.1) is 10.2 Å². The van der Waals surface area contributed by atoms with Gasteiger partial charge in [0.1, 0.15) is 17.1 Å². The molecule has 0 aliphatic carbocycles. The van der Waals surface area contributed by atoms with Gasteiger partial charge in [0.15, 0.2) is 0 Å². The number of anilines is 2. The van der Waals surface area contributed by atoms with Crippen molar-refractivity contribution in [3.8, 4) is 5.75 Å². The number of nitrogens with zero attached hydrogens (tertiary/aromatic N) is 4. The van der Waals surface area contributed by atoms with Crippen LogP contribution in [-0.4, -0.2) is 26.0 Å². The standard InChI is InChI=1S/C26H24N6O5S/c1-15-10-19(27)6-9-22(15)30-32-25-13-23(28-16(2)33)24(14-26(25)37-3)31-29-20-7-4-18-12-21(38(34,35)36)8-5-17(18)11-20/h4-14H,27H2,1-3H3,(H,28,33)(H,34,35,36). The molecule has 4 N–H and O–H groups in total. The summed E-state index contributed by atoms with van der Waals surface area (Å²) < 4.78 is 37.5. The molecule has 0 fully saturated rings. The quantitative estimate of drug-likeness (QED) is 0.135. The number of nitrogen functional groups attached to an aromatic ring is 1. The zero-order valence-corrected chi connectivity index (χ0v) is 21.5. The molecule has 194 valence electrons. The van der Waals surface area contributed by atoms with Gasteiger partial charge in [0.05, 0.1) is 29.1 Å². The number of aryl methyl sites for hydroxylation is 1. The molecule has 12 heteroatoms. The number of hydrogen-bond acceptors (Lipinski definition) is 9. The summed E-state index contributed by atoms with van der Waals surface area (Å²) in [6, 6.07) is 17.7. The highest BCUT2D eigenvalue weighted by atomic mass is 32.2. The predicted octanol–water partition coefficient (Wildman–Crippen LogP) is 6.77. The molecule has 0 unspecified atom stereocenters. The summed E-state index contributed by atoms with van der Waals surface area (Å²) >= 11 is 0. The third-order valence-electron chi connectivity index (χ3n) is 5.46. The van der Waals surface area contributed by atoms with Crippen LogP contribution in [0.15, 0.2) is 92.1 Å². The number of benzene rings is 4. The Labute approximate surface area is 218 Å². The van der Waals surface area contributed by atoms with Crippen molar-refractivity contribution in [1.82, 2.24) is 0 Å². The average molecular weight is 533 g/mol. The van der Waals surface area contributed by atoms with Gasteiger partial charge in [0.25, 0.3) is 10.1 Å². The van der Waals surface area contributed by atoms with Crippen LogP contribution < -0.4 is 15.8 Å². The van der Waals surface area contributed by atoms with E-state index >= 15 is 0 Å². The first-order valence-electron chi connectivity index (χ1n) is 11.2. The lowest BCUT2D eigenvalue weighted by molar-refractivity contribution is -0.114. The molecule has 0 heterocycles. The van der Waals surface area contributed by atoms with Gasteiger partial charge in [0, 0.05) is 18.7 Å². The number of rotatable bonds is 7. The van der Waals surface area contributed by atoms with Crippen LogP contribution in [0.5, 0.6) is 5.75 Å². The minimum absolute atomic E-state index is 0.199. The van der Waals surface area contributed by atoms with Crippen molar-refractivity contribution >= 4 is 60.9 Å². The van der Waals surface area contributed by atoms with E-state index in [0.29, 0.717) is 50.6 Å². The molecule has 0 spiro atoms. The first kappa shape index (κ1) is 26.4. The van der Waals surface area contributed by atoms with Crippen LogP contribution in [0.2, 0.25) is 0 Å². The molecule has 0 aliphatic heterocycles. The van der Waals surface area contributed by atoms with Gasteiger partial charge in [-0.2, -0.15) is 18.6 Å². The number of nitrogens with two attached hydrogens (primary N) is 1. The largest absolute Gasteiger partial charge is 0.494 e. The number of hydrogen-bond donors (Lipinski definition) is 3. The fourth-order valence-corrected chi connectivity index (χ4v) is 4.13. The molecule has 0 saturated heterocycles. The van der Waals surface area contributed by atoms with Crippen LogP contribution in [-0.2, 0) is 14.9 Å². The van der Waals surface area contributed by atoms with Crippen molar-refractivity contribution < 1.29 is 22.5 Å². The fourth-order valence-electron chi connectivity index (χ4n) is 3.62. The molecule has 1 amide bonds. The van der Waals surface area contributed by atoms with Crippen LogP contribution in [0.3, 0.4) is 0 Å². The molecule has 4 aromatic carbocycles. The van der Waals surface area contributed by atoms with Crippen molar-refractivity contribution in [1.29, 1.82) is 0 Å². The number of ether oxygens (including phenoxy) is 1. The molecule has 0 bridgehead atoms. The van der Waals surface area contributed by atoms with Crippen LogP contribution in [0.25, 0.3) is 10.8 Å². The van der Waals surface area contributed by atoms with Crippen molar-refractivity contribution in [2.24, 2.45) is 20.5 Å². The lowest BCUT2D eigenvalue weighted by Gasteiger charge is -2.10. The lowest BCUT2D eigenvalue weighted by atomic mass is 10.1. The number of methoxy groups -OCH3 is 1. The van der Waals surface area contributed by atoms with E-state index < -0.39 is 10.1 Å². The van der Waals surface area contributed by atoms with Gasteiger partial charge >= 0.3 is 0 Å². The molecule has 0 atom stereocenters. The lowest BCUT2D eigenvalue weighted by Crippen LogP contribution is -2.05. The maximum absolute atomic E-state index is 11.9. The minimum atomic E-state index is -4.31. The van der Waals surface area contributed by atoms with Crippen molar-refractivity contribution in [2.45, 2.75) is 18.7 Å². The van der Waals surface area contributed by atoms with Gasteiger partial charge in [-0.25, -0.2) is 0 Å². The van der Waals surface area contributed by atoms with E-state index in [9.17, 15) is 17.8 Å². The summed E-state index contributed by atoms with van der Waals surface area (Å²) in [5.41, 5.74) is 9.42. The van der Waals surface area contributed by atoms with E-state index in [2.05, 4.69) is 25.8 Å². The highest BCUT2D eigenvalue weighted by Crippen LogP contribution is 2.40. The Kier molecular flexibility index (Phi) is 7.46. The molecular weight excluding hydrogens is 508 g/mol. The normalized spacial score (nSPS) is 11.9. The number of carbonyl (C=O) groups excluding carboxylic acids is 1. The minimum Gasteiger partial charge on any atom is -0.494 e. The van der Waals surface area contributed by atoms with Gasteiger partial charge in [0.2, 0.25) is 5.91 Å². The van der Waals surface area contributed by atoms with Gasteiger partial charge in [-0.3, -0.25) is 9.35 Å². The van der Waals surface area contributed by atoms with Gasteiger partial charge in [-0.05, 0) is 71.8 Å². The third-order valence-corrected chi connectivity index (χ3v) is 6.31. The summed E-state index contributed by atoms with van der Waals surface area (Å²) in [6.45, 7) is 3.24. The molecule has 4 rings (SSSR count). The molecule has 4 aromatic rings. The van der Waals surface area contributed by atoms with Crippen LogP contribution in [0, 0.1) is 6.92 Å². The smallest absolute Gasteiger partial charge is 0.294 e. The first-order valence-corrected chi connectivity index (χ1v) is 12.7. The molecule has 0 aromatic heterocycles. The summed E-state index contributed by atoms with van der Waals surface area (Å²) in [4.78, 5) is 11.7. The van der Waals surface area contributed by atoms with Crippen LogP contribution in [0.4, 0.5) is 34.1 Å². The Morgan fingerprint density at radius 3 is 2.24 bits per heavy atom. The van der Waals surface area contributed by atoms with Crippen molar-refractivity contribution in [2.75, 3.05) is 18.2 Å². The van der Waals surface area contributed by atoms with Crippen molar-refractivity contribution in [3.63, 3.8) is 0 Å². The maximum Gasteiger partial charge on any atom is 0.294 e. The van der Waals surface area contributed by atoms with Crippen molar-refractivity contribution in [3.05, 3.63) is 72.3 Å². The number of carbonyl (C=O) groups is 1. The number of nitrogens with one attached hydrogen (secondary N) is 1. The van der Waals surface area contributed by atoms with E-state index in [1.54, 1.807) is 54.6 Å². The Hall–Kier alpha value is -4.68. The van der Waals surface area contributed by atoms with Crippen LogP contribution >= 0.6 is 0 Å². The Balaban J connectivity index is 1.69. The monoisotopic (exact) mass is 532 g/mol. The van der Waals surface area contributed by atoms with Crippen LogP contribution in [0.1, 0.15) is 12.5 Å². The summed E-state index contributed by atoms with van der Waals surface area (Å²) in [6.07, 6.45) is 0. The highest BCUT2D eigenvalue weighted by Gasteiger charge is 2.13. The molecule has 0 aliphatic rings. The van der Waals surface area contributed by atoms with E-state index in [4.69, 9.17) is 10.5 Å². The molecular formula is C26H24N6O5S. The Bertz CT molecular complexity index is 1720. The number of azo groups is 2. The maximum atomic E-state index is 11.9. The molecule has 38 heavy (non-hydrogen) atoms. The highest BCUT2D eigenvalue weighted by molar-refractivity contribution is 7.85.